The van der Waals surface area contributed by atoms with Gasteiger partial charge in [-0.15, -0.1) is 0 Å². The fraction of sp³-hybridized carbons (Fsp3) is 0.538. The van der Waals surface area contributed by atoms with Crippen molar-refractivity contribution in [3.8, 4) is 0 Å². The van der Waals surface area contributed by atoms with E-state index in [0.29, 0.717) is 17.8 Å². The number of nitrogens with zero attached hydrogens (tertiary/aromatic N) is 2. The smallest absolute Gasteiger partial charge is 0.270 e. The van der Waals surface area contributed by atoms with Gasteiger partial charge in [0.1, 0.15) is 5.69 Å². The Balaban J connectivity index is 2.25. The maximum atomic E-state index is 12.4. The van der Waals surface area contributed by atoms with Gasteiger partial charge in [-0.2, -0.15) is 0 Å². The Hall–Kier alpha value is -1.62. The molecule has 1 fully saturated rings. The highest BCUT2D eigenvalue weighted by atomic mass is 16.3. The normalized spacial score (nSPS) is 19.3. The summed E-state index contributed by atoms with van der Waals surface area (Å²) in [7, 11) is 1.75. The number of aryl methyl sites for hydroxylation is 1. The van der Waals surface area contributed by atoms with Crippen LogP contribution in [-0.4, -0.2) is 45.5 Å². The fourth-order valence-electron chi connectivity index (χ4n) is 2.41. The molecule has 1 aliphatic heterocycles. The van der Waals surface area contributed by atoms with Crippen LogP contribution in [0, 0.1) is 0 Å². The van der Waals surface area contributed by atoms with Crippen LogP contribution in [0.5, 0.6) is 0 Å². The van der Waals surface area contributed by atoms with E-state index in [0.717, 1.165) is 12.8 Å². The second kappa shape index (κ2) is 4.94. The van der Waals surface area contributed by atoms with Crippen LogP contribution < -0.4 is 0 Å². The number of aliphatic hydroxyl groups is 1. The Labute approximate surface area is 106 Å². The maximum absolute atomic E-state index is 12.4. The summed E-state index contributed by atoms with van der Waals surface area (Å²) < 4.78 is 1.67. The van der Waals surface area contributed by atoms with Crippen molar-refractivity contribution in [3.05, 3.63) is 23.5 Å². The van der Waals surface area contributed by atoms with Crippen molar-refractivity contribution >= 4 is 11.7 Å². The third kappa shape index (κ3) is 2.18. The molecule has 2 rings (SSSR count). The van der Waals surface area contributed by atoms with E-state index in [1.807, 2.05) is 0 Å². The SMILES string of the molecule is CC(=O)c1cc(C(=O)N2CCC[C@H]2CO)n(C)c1. The molecular weight excluding hydrogens is 232 g/mol. The van der Waals surface area contributed by atoms with Crippen molar-refractivity contribution in [2.75, 3.05) is 13.2 Å². The molecule has 1 atom stereocenters. The Kier molecular flexibility index (Phi) is 3.52. The van der Waals surface area contributed by atoms with E-state index in [-0.39, 0.29) is 24.3 Å². The Morgan fingerprint density at radius 3 is 2.78 bits per heavy atom. The lowest BCUT2D eigenvalue weighted by atomic mass is 10.2. The van der Waals surface area contributed by atoms with Gasteiger partial charge >= 0.3 is 0 Å². The number of carbonyl (C=O) groups excluding carboxylic acids is 2. The summed E-state index contributed by atoms with van der Waals surface area (Å²) in [5.41, 5.74) is 1.04. The van der Waals surface area contributed by atoms with E-state index in [1.54, 1.807) is 28.8 Å². The van der Waals surface area contributed by atoms with E-state index in [4.69, 9.17) is 0 Å². The Morgan fingerprint density at radius 1 is 1.50 bits per heavy atom. The summed E-state index contributed by atoms with van der Waals surface area (Å²) in [4.78, 5) is 25.3. The number of rotatable bonds is 3. The van der Waals surface area contributed by atoms with Gasteiger partial charge in [-0.1, -0.05) is 0 Å². The molecule has 0 bridgehead atoms. The quantitative estimate of drug-likeness (QED) is 0.808. The monoisotopic (exact) mass is 250 g/mol. The second-order valence-corrected chi connectivity index (χ2v) is 4.76. The summed E-state index contributed by atoms with van der Waals surface area (Å²) in [5.74, 6) is -0.161. The molecule has 1 amide bonds. The number of ketones is 1. The van der Waals surface area contributed by atoms with Crippen molar-refractivity contribution in [3.63, 3.8) is 0 Å². The van der Waals surface area contributed by atoms with Gasteiger partial charge < -0.3 is 14.6 Å². The lowest BCUT2D eigenvalue weighted by Gasteiger charge is -2.23. The summed E-state index contributed by atoms with van der Waals surface area (Å²) in [6.07, 6.45) is 3.42. The highest BCUT2D eigenvalue weighted by Crippen LogP contribution is 2.20. The van der Waals surface area contributed by atoms with E-state index in [1.165, 1.54) is 6.92 Å². The third-order valence-corrected chi connectivity index (χ3v) is 3.48. The molecule has 1 N–H and O–H groups in total. The molecule has 0 saturated carbocycles. The predicted molar refractivity (Wildman–Crippen MR) is 66.6 cm³/mol. The molecule has 0 aliphatic carbocycles. The zero-order valence-electron chi connectivity index (χ0n) is 10.7. The minimum Gasteiger partial charge on any atom is -0.394 e. The highest BCUT2D eigenvalue weighted by molar-refractivity contribution is 5.99. The van der Waals surface area contributed by atoms with Crippen LogP contribution in [-0.2, 0) is 7.05 Å². The number of carbonyl (C=O) groups is 2. The van der Waals surface area contributed by atoms with Crippen molar-refractivity contribution < 1.29 is 14.7 Å². The molecule has 0 radical (unpaired) electrons. The van der Waals surface area contributed by atoms with Gasteiger partial charge in [0.15, 0.2) is 5.78 Å². The van der Waals surface area contributed by atoms with E-state index in [9.17, 15) is 14.7 Å². The van der Waals surface area contributed by atoms with E-state index >= 15 is 0 Å². The first kappa shape index (κ1) is 12.8. The number of aliphatic hydroxyl groups excluding tert-OH is 1. The summed E-state index contributed by atoms with van der Waals surface area (Å²) in [6, 6.07) is 1.53. The first-order valence-electron chi connectivity index (χ1n) is 6.13. The number of aromatic nitrogens is 1. The molecule has 5 nitrogen and oxygen atoms in total. The lowest BCUT2D eigenvalue weighted by Crippen LogP contribution is -2.38. The largest absolute Gasteiger partial charge is 0.394 e. The van der Waals surface area contributed by atoms with Gasteiger partial charge in [-0.3, -0.25) is 9.59 Å². The number of Topliss-reactive ketones (excluding diaryl/α,β-unsaturated/α-hetero) is 1. The lowest BCUT2D eigenvalue weighted by molar-refractivity contribution is 0.0668. The third-order valence-electron chi connectivity index (χ3n) is 3.48. The van der Waals surface area contributed by atoms with E-state index < -0.39 is 0 Å². The average molecular weight is 250 g/mol. The topological polar surface area (TPSA) is 62.5 Å². The second-order valence-electron chi connectivity index (χ2n) is 4.76. The number of amides is 1. The number of hydrogen-bond acceptors (Lipinski definition) is 3. The first-order valence-corrected chi connectivity index (χ1v) is 6.13. The molecule has 98 valence electrons. The molecule has 1 aromatic heterocycles. The molecule has 1 aliphatic rings. The van der Waals surface area contributed by atoms with Crippen molar-refractivity contribution in [2.24, 2.45) is 7.05 Å². The first-order chi connectivity index (χ1) is 8.54. The minimum absolute atomic E-state index is 0.00424. The molecule has 0 aromatic carbocycles. The van der Waals surface area contributed by atoms with E-state index in [2.05, 4.69) is 0 Å². The van der Waals surface area contributed by atoms with Crippen LogP contribution in [0.25, 0.3) is 0 Å². The molecule has 5 heteroatoms. The Morgan fingerprint density at radius 2 is 2.22 bits per heavy atom. The molecule has 1 aromatic rings. The highest BCUT2D eigenvalue weighted by Gasteiger charge is 2.30. The molecule has 18 heavy (non-hydrogen) atoms. The Bertz CT molecular complexity index is 479. The fourth-order valence-corrected chi connectivity index (χ4v) is 2.41. The number of hydrogen-bond donors (Lipinski definition) is 1. The van der Waals surface area contributed by atoms with Gasteiger partial charge in [0.2, 0.25) is 0 Å². The summed E-state index contributed by atoms with van der Waals surface area (Å²) in [5, 5.41) is 9.24. The van der Waals surface area contributed by atoms with Gasteiger partial charge in [-0.25, -0.2) is 0 Å². The van der Waals surface area contributed by atoms with Crippen LogP contribution in [0.2, 0.25) is 0 Å². The molecule has 0 unspecified atom stereocenters. The average Bonchev–Trinajstić information content (AvgIpc) is 2.93. The van der Waals surface area contributed by atoms with Crippen molar-refractivity contribution in [1.29, 1.82) is 0 Å². The summed E-state index contributed by atoms with van der Waals surface area (Å²) >= 11 is 0. The van der Waals surface area contributed by atoms with Crippen LogP contribution in [0.1, 0.15) is 40.6 Å². The van der Waals surface area contributed by atoms with Gasteiger partial charge in [0.05, 0.1) is 12.6 Å². The van der Waals surface area contributed by atoms with Gasteiger partial charge in [-0.05, 0) is 25.8 Å². The molecular formula is C13H18N2O3. The molecule has 2 heterocycles. The molecule has 0 spiro atoms. The predicted octanol–water partition coefficient (Wildman–Crippen LogP) is 0.825. The molecule has 1 saturated heterocycles. The van der Waals surface area contributed by atoms with Crippen molar-refractivity contribution in [2.45, 2.75) is 25.8 Å². The van der Waals surface area contributed by atoms with Crippen LogP contribution in [0.4, 0.5) is 0 Å². The standard InChI is InChI=1S/C13H18N2O3/c1-9(17)10-6-12(14(2)7-10)13(18)15-5-3-4-11(15)8-16/h6-7,11,16H,3-5,8H2,1-2H3/t11-/m0/s1. The van der Waals surface area contributed by atoms with Gasteiger partial charge in [0, 0.05) is 25.4 Å². The maximum Gasteiger partial charge on any atom is 0.270 e. The van der Waals surface area contributed by atoms with Crippen LogP contribution in [0.15, 0.2) is 12.3 Å². The van der Waals surface area contributed by atoms with Crippen LogP contribution in [0.3, 0.4) is 0 Å². The van der Waals surface area contributed by atoms with Crippen molar-refractivity contribution in [1.82, 2.24) is 9.47 Å². The van der Waals surface area contributed by atoms with Crippen LogP contribution >= 0.6 is 0 Å². The summed E-state index contributed by atoms with van der Waals surface area (Å²) in [6.45, 7) is 2.15. The van der Waals surface area contributed by atoms with Gasteiger partial charge in [0.25, 0.3) is 5.91 Å². The minimum atomic E-state index is -0.110. The zero-order valence-corrected chi connectivity index (χ0v) is 10.7. The number of likely N-dealkylation sites (tertiary alicyclic amines) is 1. The zero-order chi connectivity index (χ0) is 13.3.